The number of amides is 1. The molecule has 1 amide bonds. The maximum atomic E-state index is 11.7. The largest absolute Gasteiger partial charge is 0.490 e. The Morgan fingerprint density at radius 3 is 2.65 bits per heavy atom. The van der Waals surface area contributed by atoms with Crippen molar-refractivity contribution >= 4 is 35.0 Å². The Kier molecular flexibility index (Phi) is 7.22. The normalized spacial score (nSPS) is 17.0. The molecule has 0 atom stereocenters. The quantitative estimate of drug-likeness (QED) is 0.338. The molecule has 0 saturated carbocycles. The van der Waals surface area contributed by atoms with E-state index in [1.807, 2.05) is 19.9 Å². The first-order chi connectivity index (χ1) is 12.6. The number of nitrogens with zero attached hydrogens (tertiary/aromatic N) is 2. The molecule has 2 rings (SSSR count). The number of esters is 1. The molecule has 138 valence electrons. The first-order valence-electron chi connectivity index (χ1n) is 7.86. The highest BCUT2D eigenvalue weighted by atomic mass is 32.2. The predicted octanol–water partition coefficient (Wildman–Crippen LogP) is 2.09. The Morgan fingerprint density at radius 1 is 1.23 bits per heavy atom. The summed E-state index contributed by atoms with van der Waals surface area (Å²) in [7, 11) is 1.24. The molecule has 1 aliphatic rings. The fraction of sp³-hybridized carbons (Fsp3) is 0.294. The summed E-state index contributed by atoms with van der Waals surface area (Å²) < 4.78 is 15.5. The number of hydrogen-bond acceptors (Lipinski definition) is 8. The number of amidine groups is 1. The average Bonchev–Trinajstić information content (AvgIpc) is 2.97. The number of methoxy groups -OCH3 is 1. The van der Waals surface area contributed by atoms with Gasteiger partial charge in [-0.2, -0.15) is 5.10 Å². The van der Waals surface area contributed by atoms with Crippen LogP contribution < -0.4 is 14.8 Å². The Labute approximate surface area is 155 Å². The van der Waals surface area contributed by atoms with E-state index in [0.717, 1.165) is 23.4 Å². The van der Waals surface area contributed by atoms with Gasteiger partial charge in [0, 0.05) is 6.08 Å². The third-order valence-electron chi connectivity index (χ3n) is 3.02. The monoisotopic (exact) mass is 377 g/mol. The van der Waals surface area contributed by atoms with Gasteiger partial charge in [-0.3, -0.25) is 10.1 Å². The molecule has 9 heteroatoms. The molecule has 26 heavy (non-hydrogen) atoms. The molecule has 0 radical (unpaired) electrons. The molecule has 1 aliphatic heterocycles. The number of nitrogens with one attached hydrogen (secondary N) is 1. The molecule has 1 fully saturated rings. The minimum absolute atomic E-state index is 0.200. The van der Waals surface area contributed by atoms with Crippen molar-refractivity contribution < 1.29 is 23.8 Å². The van der Waals surface area contributed by atoms with E-state index in [9.17, 15) is 9.59 Å². The molecule has 0 spiro atoms. The highest BCUT2D eigenvalue weighted by Gasteiger charge is 2.24. The molecule has 1 N–H and O–H groups in total. The topological polar surface area (TPSA) is 98.6 Å². The van der Waals surface area contributed by atoms with Crippen molar-refractivity contribution in [1.29, 1.82) is 0 Å². The van der Waals surface area contributed by atoms with Crippen molar-refractivity contribution in [3.63, 3.8) is 0 Å². The van der Waals surface area contributed by atoms with Crippen LogP contribution in [-0.4, -0.2) is 43.6 Å². The van der Waals surface area contributed by atoms with Gasteiger partial charge in [-0.15, -0.1) is 5.10 Å². The van der Waals surface area contributed by atoms with Gasteiger partial charge >= 0.3 is 5.97 Å². The summed E-state index contributed by atoms with van der Waals surface area (Å²) in [5.41, 5.74) is 0.765. The van der Waals surface area contributed by atoms with Gasteiger partial charge in [0.25, 0.3) is 5.91 Å². The lowest BCUT2D eigenvalue weighted by Crippen LogP contribution is -2.19. The zero-order chi connectivity index (χ0) is 18.9. The zero-order valence-corrected chi connectivity index (χ0v) is 15.5. The van der Waals surface area contributed by atoms with E-state index < -0.39 is 11.9 Å². The van der Waals surface area contributed by atoms with Crippen molar-refractivity contribution in [3.8, 4) is 11.5 Å². The van der Waals surface area contributed by atoms with Crippen LogP contribution in [-0.2, 0) is 14.3 Å². The standard InChI is InChI=1S/C17H19N3O5S/c1-4-24-12-7-6-11(8-13(12)25-5-2)10-18-20-17-19-16(22)14(26-17)9-15(21)23-3/h6-10H,4-5H2,1-3H3,(H,19,20,22)/b14-9+,18-10?. The van der Waals surface area contributed by atoms with Crippen LogP contribution in [0.5, 0.6) is 11.5 Å². The van der Waals surface area contributed by atoms with Gasteiger partial charge in [0.1, 0.15) is 0 Å². The number of carbonyl (C=O) groups is 2. The summed E-state index contributed by atoms with van der Waals surface area (Å²) in [6, 6.07) is 5.41. The molecule has 1 aromatic rings. The van der Waals surface area contributed by atoms with Crippen molar-refractivity contribution in [2.45, 2.75) is 13.8 Å². The summed E-state index contributed by atoms with van der Waals surface area (Å²) in [4.78, 5) is 23.1. The van der Waals surface area contributed by atoms with E-state index in [0.29, 0.717) is 24.7 Å². The Hall–Kier alpha value is -2.81. The average molecular weight is 377 g/mol. The van der Waals surface area contributed by atoms with Gasteiger partial charge in [-0.05, 0) is 49.4 Å². The number of carbonyl (C=O) groups excluding carboxylic acids is 2. The predicted molar refractivity (Wildman–Crippen MR) is 99.6 cm³/mol. The Morgan fingerprint density at radius 2 is 1.96 bits per heavy atom. The zero-order valence-electron chi connectivity index (χ0n) is 14.6. The molecule has 0 aromatic heterocycles. The minimum atomic E-state index is -0.606. The lowest BCUT2D eigenvalue weighted by molar-refractivity contribution is -0.135. The van der Waals surface area contributed by atoms with Crippen LogP contribution in [0.4, 0.5) is 0 Å². The molecule has 0 unspecified atom stereocenters. The van der Waals surface area contributed by atoms with Crippen LogP contribution in [0, 0.1) is 0 Å². The van der Waals surface area contributed by atoms with Crippen molar-refractivity contribution in [1.82, 2.24) is 5.32 Å². The van der Waals surface area contributed by atoms with Crippen molar-refractivity contribution in [2.24, 2.45) is 10.2 Å². The van der Waals surface area contributed by atoms with Gasteiger partial charge in [-0.25, -0.2) is 4.79 Å². The third-order valence-corrected chi connectivity index (χ3v) is 3.92. The minimum Gasteiger partial charge on any atom is -0.490 e. The Balaban J connectivity index is 2.09. The molecule has 8 nitrogen and oxygen atoms in total. The number of hydrogen-bond donors (Lipinski definition) is 1. The molecule has 1 heterocycles. The molecular formula is C17H19N3O5S. The molecular weight excluding hydrogens is 358 g/mol. The van der Waals surface area contributed by atoms with Crippen molar-refractivity contribution in [2.75, 3.05) is 20.3 Å². The van der Waals surface area contributed by atoms with Gasteiger partial charge in [0.2, 0.25) is 0 Å². The fourth-order valence-electron chi connectivity index (χ4n) is 1.94. The van der Waals surface area contributed by atoms with Gasteiger partial charge < -0.3 is 14.2 Å². The second kappa shape index (κ2) is 9.62. The lowest BCUT2D eigenvalue weighted by atomic mass is 10.2. The summed E-state index contributed by atoms with van der Waals surface area (Å²) in [5.74, 6) is 0.256. The lowest BCUT2D eigenvalue weighted by Gasteiger charge is -2.10. The first-order valence-corrected chi connectivity index (χ1v) is 8.68. The van der Waals surface area contributed by atoms with E-state index in [1.165, 1.54) is 13.3 Å². The number of rotatable bonds is 7. The highest BCUT2D eigenvalue weighted by Crippen LogP contribution is 2.28. The first kappa shape index (κ1) is 19.5. The number of benzene rings is 1. The third kappa shape index (κ3) is 5.35. The maximum Gasteiger partial charge on any atom is 0.331 e. The second-order valence-electron chi connectivity index (χ2n) is 4.81. The smallest absolute Gasteiger partial charge is 0.331 e. The van der Waals surface area contributed by atoms with E-state index in [2.05, 4.69) is 20.3 Å². The van der Waals surface area contributed by atoms with Gasteiger partial charge in [0.05, 0.1) is 31.4 Å². The van der Waals surface area contributed by atoms with Gasteiger partial charge in [0.15, 0.2) is 16.7 Å². The molecule has 1 saturated heterocycles. The van der Waals surface area contributed by atoms with Crippen LogP contribution in [0.15, 0.2) is 39.4 Å². The maximum absolute atomic E-state index is 11.7. The fourth-order valence-corrected chi connectivity index (χ4v) is 2.68. The van der Waals surface area contributed by atoms with Crippen LogP contribution >= 0.6 is 11.8 Å². The van der Waals surface area contributed by atoms with Crippen molar-refractivity contribution in [3.05, 3.63) is 34.7 Å². The van der Waals surface area contributed by atoms with E-state index in [-0.39, 0.29) is 10.1 Å². The summed E-state index contributed by atoms with van der Waals surface area (Å²) in [5, 5.41) is 10.7. The van der Waals surface area contributed by atoms with E-state index in [4.69, 9.17) is 9.47 Å². The number of ether oxygens (including phenoxy) is 3. The van der Waals surface area contributed by atoms with Gasteiger partial charge in [-0.1, -0.05) is 0 Å². The SMILES string of the molecule is CCOc1ccc(C=N/N=C2/NC(=O)/C(=C\C(=O)OC)S2)cc1OCC. The summed E-state index contributed by atoms with van der Waals surface area (Å²) in [6.07, 6.45) is 2.63. The highest BCUT2D eigenvalue weighted by molar-refractivity contribution is 8.18. The molecule has 1 aromatic carbocycles. The van der Waals surface area contributed by atoms with Crippen LogP contribution in [0.2, 0.25) is 0 Å². The van der Waals surface area contributed by atoms with Crippen LogP contribution in [0.1, 0.15) is 19.4 Å². The van der Waals surface area contributed by atoms with E-state index in [1.54, 1.807) is 12.1 Å². The van der Waals surface area contributed by atoms with Crippen LogP contribution in [0.3, 0.4) is 0 Å². The Bertz CT molecular complexity index is 774. The summed E-state index contributed by atoms with van der Waals surface area (Å²) in [6.45, 7) is 4.85. The molecule has 0 aliphatic carbocycles. The second-order valence-corrected chi connectivity index (χ2v) is 5.84. The van der Waals surface area contributed by atoms with E-state index >= 15 is 0 Å². The molecule has 0 bridgehead atoms. The van der Waals surface area contributed by atoms with Crippen LogP contribution in [0.25, 0.3) is 0 Å². The number of thioether (sulfide) groups is 1. The summed E-state index contributed by atoms with van der Waals surface area (Å²) >= 11 is 1.01.